The van der Waals surface area contributed by atoms with Crippen molar-refractivity contribution in [3.63, 3.8) is 0 Å². The second kappa shape index (κ2) is 9.57. The van der Waals surface area contributed by atoms with Crippen molar-refractivity contribution in [2.24, 2.45) is 0 Å². The maximum Gasteiger partial charge on any atom is 0.173 e. The van der Waals surface area contributed by atoms with Gasteiger partial charge in [-0.15, -0.1) is 11.3 Å². The van der Waals surface area contributed by atoms with Crippen LogP contribution in [0.25, 0.3) is 0 Å². The van der Waals surface area contributed by atoms with E-state index in [0.29, 0.717) is 12.5 Å². The molecule has 8 heteroatoms. The molecule has 0 amide bonds. The van der Waals surface area contributed by atoms with E-state index in [0.717, 1.165) is 65.6 Å². The molecular weight excluding hydrogens is 414 g/mol. The topological polar surface area (TPSA) is 55.2 Å². The number of hydrogen-bond donors (Lipinski definition) is 1. The van der Waals surface area contributed by atoms with E-state index in [1.807, 2.05) is 44.3 Å². The van der Waals surface area contributed by atoms with Crippen LogP contribution in [-0.4, -0.2) is 44.2 Å². The number of imidazole rings is 1. The standard InChI is InChI=1S/C22H27N5OS2/c1-3-28-20-6-4-18(5-7-20)25-22(29)26-11-8-17(9-12-26)21-23-10-13-27(21)14-19-15-30-16(2)24-19/h4-7,10,13,15,17H,3,8-9,11-12,14H2,1-2H3,(H,25,29). The zero-order chi connectivity index (χ0) is 20.9. The van der Waals surface area contributed by atoms with Crippen LogP contribution in [0, 0.1) is 6.92 Å². The van der Waals surface area contributed by atoms with Crippen molar-refractivity contribution in [1.29, 1.82) is 0 Å². The van der Waals surface area contributed by atoms with E-state index in [1.165, 1.54) is 0 Å². The summed E-state index contributed by atoms with van der Waals surface area (Å²) >= 11 is 7.34. The van der Waals surface area contributed by atoms with E-state index in [2.05, 4.69) is 36.3 Å². The van der Waals surface area contributed by atoms with E-state index < -0.39 is 0 Å². The number of rotatable bonds is 6. The molecule has 0 aliphatic carbocycles. The van der Waals surface area contributed by atoms with Gasteiger partial charge in [-0.2, -0.15) is 0 Å². The number of likely N-dealkylation sites (tertiary alicyclic amines) is 1. The number of aryl methyl sites for hydroxylation is 1. The second-order valence-electron chi connectivity index (χ2n) is 7.42. The lowest BCUT2D eigenvalue weighted by Gasteiger charge is -2.33. The second-order valence-corrected chi connectivity index (χ2v) is 8.87. The van der Waals surface area contributed by atoms with Crippen molar-refractivity contribution >= 4 is 34.4 Å². The molecule has 2 aromatic heterocycles. The molecule has 3 heterocycles. The Balaban J connectivity index is 1.32. The largest absolute Gasteiger partial charge is 0.494 e. The summed E-state index contributed by atoms with van der Waals surface area (Å²) < 4.78 is 7.74. The molecule has 0 saturated carbocycles. The third kappa shape index (κ3) is 4.99. The number of anilines is 1. The first-order valence-corrected chi connectivity index (χ1v) is 11.6. The zero-order valence-corrected chi connectivity index (χ0v) is 19.0. The van der Waals surface area contributed by atoms with Gasteiger partial charge < -0.3 is 19.5 Å². The fourth-order valence-electron chi connectivity index (χ4n) is 3.81. The van der Waals surface area contributed by atoms with Gasteiger partial charge in [0.15, 0.2) is 5.11 Å². The third-order valence-corrected chi connectivity index (χ3v) is 6.49. The van der Waals surface area contributed by atoms with Crippen LogP contribution in [0.1, 0.15) is 42.2 Å². The van der Waals surface area contributed by atoms with Gasteiger partial charge in [0, 0.05) is 42.5 Å². The van der Waals surface area contributed by atoms with Crippen molar-refractivity contribution in [2.45, 2.75) is 39.2 Å². The summed E-state index contributed by atoms with van der Waals surface area (Å²) in [5, 5.41) is 7.36. The van der Waals surface area contributed by atoms with Crippen LogP contribution in [0.3, 0.4) is 0 Å². The van der Waals surface area contributed by atoms with E-state index in [1.54, 1.807) is 11.3 Å². The first-order chi connectivity index (χ1) is 14.6. The molecule has 1 saturated heterocycles. The third-order valence-electron chi connectivity index (χ3n) is 5.31. The Hall–Kier alpha value is -2.45. The molecule has 1 aliphatic rings. The van der Waals surface area contributed by atoms with Crippen molar-refractivity contribution in [3.05, 3.63) is 58.6 Å². The van der Waals surface area contributed by atoms with Crippen molar-refractivity contribution in [2.75, 3.05) is 25.0 Å². The molecule has 4 rings (SSSR count). The molecule has 30 heavy (non-hydrogen) atoms. The molecule has 0 radical (unpaired) electrons. The van der Waals surface area contributed by atoms with Gasteiger partial charge >= 0.3 is 0 Å². The molecule has 1 fully saturated rings. The highest BCUT2D eigenvalue weighted by molar-refractivity contribution is 7.80. The number of thiazole rings is 1. The predicted molar refractivity (Wildman–Crippen MR) is 126 cm³/mol. The van der Waals surface area contributed by atoms with Gasteiger partial charge in [0.2, 0.25) is 0 Å². The Morgan fingerprint density at radius 1 is 1.27 bits per heavy atom. The molecular formula is C22H27N5OS2. The van der Waals surface area contributed by atoms with Crippen LogP contribution in [0.15, 0.2) is 42.0 Å². The lowest BCUT2D eigenvalue weighted by Crippen LogP contribution is -2.40. The summed E-state index contributed by atoms with van der Waals surface area (Å²) in [5.41, 5.74) is 2.09. The summed E-state index contributed by atoms with van der Waals surface area (Å²) in [6, 6.07) is 7.93. The normalized spacial score (nSPS) is 14.7. The minimum absolute atomic E-state index is 0.448. The zero-order valence-electron chi connectivity index (χ0n) is 17.4. The van der Waals surface area contributed by atoms with Crippen LogP contribution < -0.4 is 10.1 Å². The minimum atomic E-state index is 0.448. The Bertz CT molecular complexity index is 974. The summed E-state index contributed by atoms with van der Waals surface area (Å²) in [6.45, 7) is 7.34. The van der Waals surface area contributed by atoms with Crippen LogP contribution >= 0.6 is 23.6 Å². The lowest BCUT2D eigenvalue weighted by atomic mass is 9.96. The highest BCUT2D eigenvalue weighted by Gasteiger charge is 2.25. The SMILES string of the molecule is CCOc1ccc(NC(=S)N2CCC(c3nccn3Cc3csc(C)n3)CC2)cc1. The Morgan fingerprint density at radius 2 is 2.03 bits per heavy atom. The van der Waals surface area contributed by atoms with Crippen molar-refractivity contribution < 1.29 is 4.74 Å². The monoisotopic (exact) mass is 441 g/mol. The highest BCUT2D eigenvalue weighted by atomic mass is 32.1. The average molecular weight is 442 g/mol. The van der Waals surface area contributed by atoms with Crippen LogP contribution in [0.4, 0.5) is 5.69 Å². The van der Waals surface area contributed by atoms with Crippen LogP contribution in [0.2, 0.25) is 0 Å². The van der Waals surface area contributed by atoms with Crippen molar-refractivity contribution in [3.8, 4) is 5.75 Å². The maximum atomic E-state index is 5.65. The number of thiocarbonyl (C=S) groups is 1. The molecule has 0 bridgehead atoms. The number of nitrogens with zero attached hydrogens (tertiary/aromatic N) is 4. The Morgan fingerprint density at radius 3 is 2.70 bits per heavy atom. The number of piperidine rings is 1. The number of ether oxygens (including phenoxy) is 1. The molecule has 0 atom stereocenters. The molecule has 0 unspecified atom stereocenters. The van der Waals surface area contributed by atoms with Crippen LogP contribution in [-0.2, 0) is 6.54 Å². The van der Waals surface area contributed by atoms with Gasteiger partial charge in [0.25, 0.3) is 0 Å². The quantitative estimate of drug-likeness (QED) is 0.561. The summed E-state index contributed by atoms with van der Waals surface area (Å²) in [5.74, 6) is 2.48. The van der Waals surface area contributed by atoms with Gasteiger partial charge in [-0.25, -0.2) is 9.97 Å². The molecule has 0 spiro atoms. The molecule has 158 valence electrons. The number of nitrogens with one attached hydrogen (secondary N) is 1. The van der Waals surface area contributed by atoms with Crippen molar-refractivity contribution in [1.82, 2.24) is 19.4 Å². The van der Waals surface area contributed by atoms with Crippen LogP contribution in [0.5, 0.6) is 5.75 Å². The minimum Gasteiger partial charge on any atom is -0.494 e. The fourth-order valence-corrected chi connectivity index (χ4v) is 4.72. The molecule has 6 nitrogen and oxygen atoms in total. The maximum absolute atomic E-state index is 5.65. The molecule has 1 N–H and O–H groups in total. The molecule has 1 aromatic carbocycles. The predicted octanol–water partition coefficient (Wildman–Crippen LogP) is 4.67. The Kier molecular flexibility index (Phi) is 6.64. The summed E-state index contributed by atoms with van der Waals surface area (Å²) in [7, 11) is 0. The van der Waals surface area contributed by atoms with Gasteiger partial charge in [0.05, 0.1) is 23.9 Å². The highest BCUT2D eigenvalue weighted by Crippen LogP contribution is 2.28. The first kappa shape index (κ1) is 20.8. The van der Waals surface area contributed by atoms with E-state index in [-0.39, 0.29) is 0 Å². The number of benzene rings is 1. The van der Waals surface area contributed by atoms with Gasteiger partial charge in [-0.1, -0.05) is 0 Å². The van der Waals surface area contributed by atoms with E-state index >= 15 is 0 Å². The first-order valence-electron chi connectivity index (χ1n) is 10.3. The summed E-state index contributed by atoms with van der Waals surface area (Å²) in [4.78, 5) is 11.5. The number of aromatic nitrogens is 3. The molecule has 3 aromatic rings. The smallest absolute Gasteiger partial charge is 0.173 e. The van der Waals surface area contributed by atoms with Gasteiger partial charge in [-0.05, 0) is 63.2 Å². The lowest BCUT2D eigenvalue weighted by molar-refractivity contribution is 0.307. The van der Waals surface area contributed by atoms with Gasteiger partial charge in [-0.3, -0.25) is 0 Å². The van der Waals surface area contributed by atoms with Gasteiger partial charge in [0.1, 0.15) is 11.6 Å². The average Bonchev–Trinajstić information content (AvgIpc) is 3.39. The Labute approximate surface area is 186 Å². The van der Waals surface area contributed by atoms with E-state index in [9.17, 15) is 0 Å². The number of hydrogen-bond acceptors (Lipinski definition) is 5. The fraction of sp³-hybridized carbons (Fsp3) is 0.409. The molecule has 1 aliphatic heterocycles. The summed E-state index contributed by atoms with van der Waals surface area (Å²) in [6.07, 6.45) is 6.05. The van der Waals surface area contributed by atoms with E-state index in [4.69, 9.17) is 17.0 Å².